The predicted octanol–water partition coefficient (Wildman–Crippen LogP) is 1.98. The van der Waals surface area contributed by atoms with Crippen LogP contribution in [0.25, 0.3) is 0 Å². The van der Waals surface area contributed by atoms with Crippen molar-refractivity contribution < 1.29 is 24.2 Å². The minimum absolute atomic E-state index is 0.137. The lowest BCUT2D eigenvalue weighted by atomic mass is 9.78. The van der Waals surface area contributed by atoms with Gasteiger partial charge in [-0.3, -0.25) is 9.59 Å². The summed E-state index contributed by atoms with van der Waals surface area (Å²) in [5.74, 6) is -1.19. The molecule has 5 nitrogen and oxygen atoms in total. The van der Waals surface area contributed by atoms with Gasteiger partial charge in [-0.05, 0) is 41.0 Å². The molecule has 0 aliphatic carbocycles. The Morgan fingerprint density at radius 1 is 1.55 bits per heavy atom. The molecule has 1 N–H and O–H groups in total. The molecule has 1 rings (SSSR count). The maximum absolute atomic E-state index is 12.2. The van der Waals surface area contributed by atoms with Gasteiger partial charge in [0.25, 0.3) is 0 Å². The highest BCUT2D eigenvalue weighted by Crippen LogP contribution is 2.42. The third-order valence-electron chi connectivity index (χ3n) is 3.49. The Kier molecular flexibility index (Phi) is 4.97. The van der Waals surface area contributed by atoms with Gasteiger partial charge in [0, 0.05) is 6.42 Å². The molecule has 1 fully saturated rings. The summed E-state index contributed by atoms with van der Waals surface area (Å²) in [7, 11) is 0. The first-order valence-electron chi connectivity index (χ1n) is 6.87. The Labute approximate surface area is 119 Å². The van der Waals surface area contributed by atoms with Gasteiger partial charge in [0.15, 0.2) is 5.41 Å². The molecule has 0 radical (unpaired) electrons. The molecule has 1 aliphatic rings. The number of esters is 2. The molecule has 1 aliphatic heterocycles. The first-order valence-corrected chi connectivity index (χ1v) is 6.87. The van der Waals surface area contributed by atoms with Crippen molar-refractivity contribution in [2.45, 2.75) is 59.2 Å². The monoisotopic (exact) mass is 284 g/mol. The normalized spacial score (nSPS) is 26.1. The molecule has 114 valence electrons. The van der Waals surface area contributed by atoms with E-state index in [1.165, 1.54) is 0 Å². The number of ether oxygens (including phenoxy) is 2. The smallest absolute Gasteiger partial charge is 0.324 e. The molecule has 2 atom stereocenters. The second kappa shape index (κ2) is 5.95. The summed E-state index contributed by atoms with van der Waals surface area (Å²) in [6, 6.07) is 0. The summed E-state index contributed by atoms with van der Waals surface area (Å²) in [6.45, 7) is 8.81. The molecule has 20 heavy (non-hydrogen) atoms. The first-order chi connectivity index (χ1) is 9.13. The van der Waals surface area contributed by atoms with Crippen LogP contribution in [0, 0.1) is 5.41 Å². The van der Waals surface area contributed by atoms with Crippen LogP contribution in [0.15, 0.2) is 11.6 Å². The van der Waals surface area contributed by atoms with E-state index >= 15 is 0 Å². The summed E-state index contributed by atoms with van der Waals surface area (Å²) < 4.78 is 10.3. The zero-order chi connectivity index (χ0) is 15.6. The minimum Gasteiger partial charge on any atom is -0.465 e. The topological polar surface area (TPSA) is 72.8 Å². The lowest BCUT2D eigenvalue weighted by Crippen LogP contribution is -2.39. The van der Waals surface area contributed by atoms with Crippen LogP contribution in [0.5, 0.6) is 0 Å². The molecule has 1 heterocycles. The number of allylic oxidation sites excluding steroid dienone is 2. The van der Waals surface area contributed by atoms with Crippen LogP contribution in [0.2, 0.25) is 0 Å². The average Bonchev–Trinajstić information content (AvgIpc) is 2.65. The number of hydrogen-bond donors (Lipinski definition) is 1. The van der Waals surface area contributed by atoms with E-state index in [0.29, 0.717) is 0 Å². The van der Waals surface area contributed by atoms with Gasteiger partial charge in [-0.1, -0.05) is 11.6 Å². The molecule has 0 aromatic rings. The summed E-state index contributed by atoms with van der Waals surface area (Å²) in [6.07, 6.45) is 1.49. The van der Waals surface area contributed by atoms with E-state index in [9.17, 15) is 14.7 Å². The van der Waals surface area contributed by atoms with Crippen LogP contribution < -0.4 is 0 Å². The number of cyclic esters (lactones) is 1. The maximum Gasteiger partial charge on any atom is 0.324 e. The van der Waals surface area contributed by atoms with Gasteiger partial charge in [-0.2, -0.15) is 0 Å². The molecule has 2 unspecified atom stereocenters. The molecule has 0 bridgehead atoms. The van der Waals surface area contributed by atoms with Crippen LogP contribution in [0.3, 0.4) is 0 Å². The number of hydrogen-bond acceptors (Lipinski definition) is 5. The van der Waals surface area contributed by atoms with E-state index in [-0.39, 0.29) is 19.4 Å². The van der Waals surface area contributed by atoms with Crippen LogP contribution in [-0.4, -0.2) is 35.4 Å². The predicted molar refractivity (Wildman–Crippen MR) is 73.9 cm³/mol. The highest BCUT2D eigenvalue weighted by molar-refractivity contribution is 6.01. The highest BCUT2D eigenvalue weighted by atomic mass is 16.6. The highest BCUT2D eigenvalue weighted by Gasteiger charge is 2.58. The fourth-order valence-electron chi connectivity index (χ4n) is 2.14. The molecule has 0 saturated carbocycles. The van der Waals surface area contributed by atoms with Crippen LogP contribution in [0.1, 0.15) is 47.5 Å². The van der Waals surface area contributed by atoms with Gasteiger partial charge >= 0.3 is 11.9 Å². The van der Waals surface area contributed by atoms with Crippen molar-refractivity contribution in [3.05, 3.63) is 11.6 Å². The molecular formula is C15H24O5. The van der Waals surface area contributed by atoms with E-state index in [2.05, 4.69) is 0 Å². The number of carbonyl (C=O) groups excluding carboxylic acids is 2. The Morgan fingerprint density at radius 2 is 2.15 bits per heavy atom. The van der Waals surface area contributed by atoms with Crippen molar-refractivity contribution >= 4 is 11.9 Å². The Bertz CT molecular complexity index is 414. The zero-order valence-electron chi connectivity index (χ0n) is 12.9. The van der Waals surface area contributed by atoms with Crippen molar-refractivity contribution in [1.82, 2.24) is 0 Å². The fourth-order valence-corrected chi connectivity index (χ4v) is 2.14. The SMILES string of the molecule is CCOC(=O)C1(CC=C(C)C)CC(C(C)(C)O)OC1=O. The lowest BCUT2D eigenvalue weighted by Gasteiger charge is -2.25. The molecule has 0 spiro atoms. The van der Waals surface area contributed by atoms with Crippen LogP contribution in [0.4, 0.5) is 0 Å². The number of rotatable bonds is 5. The summed E-state index contributed by atoms with van der Waals surface area (Å²) in [5.41, 5.74) is -1.51. The van der Waals surface area contributed by atoms with E-state index in [1.54, 1.807) is 20.8 Å². The second-order valence-corrected chi connectivity index (χ2v) is 6.04. The van der Waals surface area contributed by atoms with E-state index in [1.807, 2.05) is 19.9 Å². The Hall–Kier alpha value is -1.36. The standard InChI is InChI=1S/C15H24O5/c1-6-19-12(16)15(8-7-10(2)3)9-11(14(4,5)18)20-13(15)17/h7,11,18H,6,8-9H2,1-5H3. The largest absolute Gasteiger partial charge is 0.465 e. The molecule has 5 heteroatoms. The first kappa shape index (κ1) is 16.7. The van der Waals surface area contributed by atoms with E-state index < -0.39 is 29.1 Å². The minimum atomic E-state index is -1.34. The van der Waals surface area contributed by atoms with Gasteiger partial charge < -0.3 is 14.6 Å². The quantitative estimate of drug-likeness (QED) is 0.475. The van der Waals surface area contributed by atoms with Crippen molar-refractivity contribution in [2.75, 3.05) is 6.61 Å². The molecule has 0 aromatic carbocycles. The van der Waals surface area contributed by atoms with Gasteiger partial charge in [-0.25, -0.2) is 0 Å². The third kappa shape index (κ3) is 3.39. The summed E-state index contributed by atoms with van der Waals surface area (Å²) in [5, 5.41) is 10.0. The van der Waals surface area contributed by atoms with Crippen LogP contribution >= 0.6 is 0 Å². The second-order valence-electron chi connectivity index (χ2n) is 6.04. The van der Waals surface area contributed by atoms with Crippen molar-refractivity contribution in [3.63, 3.8) is 0 Å². The Morgan fingerprint density at radius 3 is 2.55 bits per heavy atom. The Balaban J connectivity index is 3.09. The van der Waals surface area contributed by atoms with Crippen molar-refractivity contribution in [3.8, 4) is 0 Å². The molecule has 0 amide bonds. The third-order valence-corrected chi connectivity index (χ3v) is 3.49. The van der Waals surface area contributed by atoms with Crippen molar-refractivity contribution in [1.29, 1.82) is 0 Å². The van der Waals surface area contributed by atoms with Gasteiger partial charge in [0.1, 0.15) is 6.10 Å². The average molecular weight is 284 g/mol. The van der Waals surface area contributed by atoms with Crippen molar-refractivity contribution in [2.24, 2.45) is 5.41 Å². The van der Waals surface area contributed by atoms with E-state index in [4.69, 9.17) is 9.47 Å². The van der Waals surface area contributed by atoms with Gasteiger partial charge in [-0.15, -0.1) is 0 Å². The van der Waals surface area contributed by atoms with Gasteiger partial charge in [0.05, 0.1) is 12.2 Å². The lowest BCUT2D eigenvalue weighted by molar-refractivity contribution is -0.166. The fraction of sp³-hybridized carbons (Fsp3) is 0.733. The summed E-state index contributed by atoms with van der Waals surface area (Å²) in [4.78, 5) is 24.4. The number of carbonyl (C=O) groups is 2. The zero-order valence-corrected chi connectivity index (χ0v) is 12.9. The van der Waals surface area contributed by atoms with E-state index in [0.717, 1.165) is 5.57 Å². The summed E-state index contributed by atoms with van der Waals surface area (Å²) >= 11 is 0. The molecule has 1 saturated heterocycles. The van der Waals surface area contributed by atoms with Gasteiger partial charge in [0.2, 0.25) is 0 Å². The van der Waals surface area contributed by atoms with Crippen LogP contribution in [-0.2, 0) is 19.1 Å². The maximum atomic E-state index is 12.2. The molecule has 0 aromatic heterocycles. The number of aliphatic hydroxyl groups is 1. The molecular weight excluding hydrogens is 260 g/mol.